The van der Waals surface area contributed by atoms with Crippen LogP contribution in [0.15, 0.2) is 24.3 Å². The summed E-state index contributed by atoms with van der Waals surface area (Å²) in [5.41, 5.74) is 1.95. The maximum atomic E-state index is 12.1. The molecule has 25 heavy (non-hydrogen) atoms. The summed E-state index contributed by atoms with van der Waals surface area (Å²) < 4.78 is 0. The minimum atomic E-state index is -0.251. The molecule has 1 saturated carbocycles. The molecule has 5 nitrogen and oxygen atoms in total. The summed E-state index contributed by atoms with van der Waals surface area (Å²) in [7, 11) is 0. The predicted molar refractivity (Wildman–Crippen MR) is 101 cm³/mol. The van der Waals surface area contributed by atoms with Crippen LogP contribution in [0.5, 0.6) is 0 Å². The Morgan fingerprint density at radius 3 is 2.20 bits per heavy atom. The number of hydrogen-bond donors (Lipinski definition) is 2. The summed E-state index contributed by atoms with van der Waals surface area (Å²) in [6, 6.07) is 8.17. The minimum absolute atomic E-state index is 0.107. The van der Waals surface area contributed by atoms with Gasteiger partial charge in [-0.25, -0.2) is 0 Å². The molecule has 0 atom stereocenters. The lowest BCUT2D eigenvalue weighted by molar-refractivity contribution is -0.127. The first-order valence-electron chi connectivity index (χ1n) is 9.65. The molecule has 0 unspecified atom stereocenters. The summed E-state index contributed by atoms with van der Waals surface area (Å²) in [5.74, 6) is -0.423. The van der Waals surface area contributed by atoms with Crippen molar-refractivity contribution in [2.45, 2.75) is 63.8 Å². The molecule has 5 heteroatoms. The molecule has 1 aromatic carbocycles. The van der Waals surface area contributed by atoms with Crippen molar-refractivity contribution in [1.29, 1.82) is 0 Å². The molecular weight excluding hydrogens is 314 g/mol. The van der Waals surface area contributed by atoms with Crippen molar-refractivity contribution in [3.63, 3.8) is 0 Å². The number of amides is 2. The Hall–Kier alpha value is -2.04. The first-order valence-corrected chi connectivity index (χ1v) is 9.65. The summed E-state index contributed by atoms with van der Waals surface area (Å²) in [6.07, 6.45) is 9.35. The predicted octanol–water partition coefficient (Wildman–Crippen LogP) is 3.45. The van der Waals surface area contributed by atoms with Gasteiger partial charge in [0.05, 0.1) is 0 Å². The Labute approximate surface area is 150 Å². The van der Waals surface area contributed by atoms with Gasteiger partial charge in [0, 0.05) is 30.5 Å². The third-order valence-corrected chi connectivity index (χ3v) is 5.16. The van der Waals surface area contributed by atoms with Crippen molar-refractivity contribution >= 4 is 23.2 Å². The number of nitrogens with one attached hydrogen (secondary N) is 2. The van der Waals surface area contributed by atoms with Gasteiger partial charge >= 0.3 is 0 Å². The molecule has 2 amide bonds. The summed E-state index contributed by atoms with van der Waals surface area (Å²) in [5, 5.41) is 5.80. The van der Waals surface area contributed by atoms with Gasteiger partial charge in [-0.3, -0.25) is 9.59 Å². The van der Waals surface area contributed by atoms with E-state index in [-0.39, 0.29) is 24.3 Å². The first kappa shape index (κ1) is 17.8. The van der Waals surface area contributed by atoms with Crippen LogP contribution in [0.2, 0.25) is 0 Å². The second-order valence-corrected chi connectivity index (χ2v) is 7.22. The average Bonchev–Trinajstić information content (AvgIpc) is 2.63. The van der Waals surface area contributed by atoms with Crippen LogP contribution in [-0.2, 0) is 9.59 Å². The molecule has 1 saturated heterocycles. The van der Waals surface area contributed by atoms with Gasteiger partial charge in [0.1, 0.15) is 6.42 Å². The lowest BCUT2D eigenvalue weighted by Gasteiger charge is -2.28. The van der Waals surface area contributed by atoms with Gasteiger partial charge < -0.3 is 15.5 Å². The summed E-state index contributed by atoms with van der Waals surface area (Å²) in [6.45, 7) is 2.21. The normalized spacial score (nSPS) is 18.6. The molecule has 2 aliphatic rings. The van der Waals surface area contributed by atoms with Gasteiger partial charge in [-0.05, 0) is 56.4 Å². The molecule has 1 aliphatic carbocycles. The molecule has 0 radical (unpaired) electrons. The second-order valence-electron chi connectivity index (χ2n) is 7.22. The zero-order valence-electron chi connectivity index (χ0n) is 14.9. The standard InChI is InChI=1S/C20H29N3O2/c24-19(21-16-7-3-1-4-8-16)15-20(25)22-17-9-11-18(12-10-17)23-13-5-2-6-14-23/h9-12,16H,1-8,13-15H2,(H,21,24)(H,22,25). The van der Waals surface area contributed by atoms with Gasteiger partial charge in [-0.1, -0.05) is 19.3 Å². The molecule has 2 N–H and O–H groups in total. The second kappa shape index (κ2) is 8.88. The van der Waals surface area contributed by atoms with Gasteiger partial charge in [-0.2, -0.15) is 0 Å². The smallest absolute Gasteiger partial charge is 0.233 e. The highest BCUT2D eigenvalue weighted by molar-refractivity contribution is 6.03. The van der Waals surface area contributed by atoms with Crippen LogP contribution in [-0.4, -0.2) is 30.9 Å². The monoisotopic (exact) mass is 343 g/mol. The van der Waals surface area contributed by atoms with Crippen molar-refractivity contribution < 1.29 is 9.59 Å². The van der Waals surface area contributed by atoms with Crippen molar-refractivity contribution in [1.82, 2.24) is 5.32 Å². The highest BCUT2D eigenvalue weighted by Gasteiger charge is 2.17. The van der Waals surface area contributed by atoms with Crippen LogP contribution in [0.25, 0.3) is 0 Å². The molecule has 0 bridgehead atoms. The van der Waals surface area contributed by atoms with Gasteiger partial charge in [0.25, 0.3) is 0 Å². The summed E-state index contributed by atoms with van der Waals surface area (Å²) >= 11 is 0. The van der Waals surface area contributed by atoms with Crippen LogP contribution in [0, 0.1) is 0 Å². The number of carbonyl (C=O) groups is 2. The SMILES string of the molecule is O=C(CC(=O)NC1CCCCC1)Nc1ccc(N2CCCCC2)cc1. The molecule has 3 rings (SSSR count). The number of piperidine rings is 1. The van der Waals surface area contributed by atoms with E-state index in [1.807, 2.05) is 24.3 Å². The minimum Gasteiger partial charge on any atom is -0.372 e. The Bertz CT molecular complexity index is 573. The largest absolute Gasteiger partial charge is 0.372 e. The fourth-order valence-corrected chi connectivity index (χ4v) is 3.78. The maximum Gasteiger partial charge on any atom is 0.233 e. The lowest BCUT2D eigenvalue weighted by atomic mass is 9.95. The fraction of sp³-hybridized carbons (Fsp3) is 0.600. The molecule has 1 heterocycles. The van der Waals surface area contributed by atoms with Gasteiger partial charge in [0.2, 0.25) is 11.8 Å². The maximum absolute atomic E-state index is 12.1. The van der Waals surface area contributed by atoms with E-state index in [1.54, 1.807) is 0 Å². The van der Waals surface area contributed by atoms with E-state index >= 15 is 0 Å². The van der Waals surface area contributed by atoms with E-state index < -0.39 is 0 Å². The van der Waals surface area contributed by atoms with E-state index in [1.165, 1.54) is 44.2 Å². The fourth-order valence-electron chi connectivity index (χ4n) is 3.78. The lowest BCUT2D eigenvalue weighted by Crippen LogP contribution is -2.37. The van der Waals surface area contributed by atoms with E-state index in [4.69, 9.17) is 0 Å². The summed E-state index contributed by atoms with van der Waals surface area (Å²) in [4.78, 5) is 26.4. The number of hydrogen-bond acceptors (Lipinski definition) is 3. The number of nitrogens with zero attached hydrogens (tertiary/aromatic N) is 1. The van der Waals surface area contributed by atoms with Crippen molar-refractivity contribution in [2.24, 2.45) is 0 Å². The van der Waals surface area contributed by atoms with Crippen LogP contribution >= 0.6 is 0 Å². The molecule has 2 fully saturated rings. The van der Waals surface area contributed by atoms with Crippen LogP contribution in [0.4, 0.5) is 11.4 Å². The zero-order valence-corrected chi connectivity index (χ0v) is 14.9. The molecule has 0 spiro atoms. The number of carbonyl (C=O) groups excluding carboxylic acids is 2. The number of rotatable bonds is 5. The average molecular weight is 343 g/mol. The third kappa shape index (κ3) is 5.48. The van der Waals surface area contributed by atoms with E-state index in [2.05, 4.69) is 15.5 Å². The number of benzene rings is 1. The molecule has 1 aliphatic heterocycles. The van der Waals surface area contributed by atoms with E-state index in [0.29, 0.717) is 0 Å². The molecule has 136 valence electrons. The topological polar surface area (TPSA) is 61.4 Å². The Kier molecular flexibility index (Phi) is 6.31. The van der Waals surface area contributed by atoms with Crippen molar-refractivity contribution in [3.05, 3.63) is 24.3 Å². The van der Waals surface area contributed by atoms with Gasteiger partial charge in [0.15, 0.2) is 0 Å². The van der Waals surface area contributed by atoms with E-state index in [0.717, 1.165) is 31.6 Å². The van der Waals surface area contributed by atoms with Crippen molar-refractivity contribution in [2.75, 3.05) is 23.3 Å². The van der Waals surface area contributed by atoms with Crippen LogP contribution in [0.1, 0.15) is 57.8 Å². The first-order chi connectivity index (χ1) is 12.2. The Balaban J connectivity index is 1.44. The third-order valence-electron chi connectivity index (χ3n) is 5.16. The Morgan fingerprint density at radius 1 is 0.880 bits per heavy atom. The quantitative estimate of drug-likeness (QED) is 0.805. The van der Waals surface area contributed by atoms with Crippen LogP contribution in [0.3, 0.4) is 0 Å². The highest BCUT2D eigenvalue weighted by atomic mass is 16.2. The zero-order chi connectivity index (χ0) is 17.5. The Morgan fingerprint density at radius 2 is 1.52 bits per heavy atom. The highest BCUT2D eigenvalue weighted by Crippen LogP contribution is 2.22. The molecule has 0 aromatic heterocycles. The molecule has 1 aromatic rings. The van der Waals surface area contributed by atoms with E-state index in [9.17, 15) is 9.59 Å². The number of anilines is 2. The van der Waals surface area contributed by atoms with Gasteiger partial charge in [-0.15, -0.1) is 0 Å². The molecular formula is C20H29N3O2. The van der Waals surface area contributed by atoms with Crippen LogP contribution < -0.4 is 15.5 Å². The van der Waals surface area contributed by atoms with Crippen molar-refractivity contribution in [3.8, 4) is 0 Å².